The van der Waals surface area contributed by atoms with E-state index >= 15 is 0 Å². The molecule has 3 nitrogen and oxygen atoms in total. The molecule has 0 atom stereocenters. The van der Waals surface area contributed by atoms with Gasteiger partial charge in [0.15, 0.2) is 0 Å². The van der Waals surface area contributed by atoms with Gasteiger partial charge in [-0.2, -0.15) is 5.26 Å². The first-order valence-electron chi connectivity index (χ1n) is 5.47. The van der Waals surface area contributed by atoms with E-state index in [0.717, 1.165) is 22.7 Å². The van der Waals surface area contributed by atoms with Crippen LogP contribution in [0.5, 0.6) is 0 Å². The van der Waals surface area contributed by atoms with Crippen LogP contribution in [0.3, 0.4) is 0 Å². The smallest absolute Gasteiger partial charge is 0.150 e. The predicted octanol–water partition coefficient (Wildman–Crippen LogP) is 3.26. The third kappa shape index (κ3) is 1.27. The Morgan fingerprint density at radius 2 is 2.31 bits per heavy atom. The van der Waals surface area contributed by atoms with Gasteiger partial charge in [-0.15, -0.1) is 0 Å². The molecule has 0 aliphatic heterocycles. The molecular formula is C13H12N2O. The number of hydrogen-bond acceptors (Lipinski definition) is 2. The Bertz CT molecular complexity index is 554. The molecule has 1 fully saturated rings. The molecule has 1 saturated carbocycles. The summed E-state index contributed by atoms with van der Waals surface area (Å²) in [6.07, 6.45) is 4.07. The Hall–Kier alpha value is -1.95. The van der Waals surface area contributed by atoms with Crippen LogP contribution in [0.2, 0.25) is 0 Å². The van der Waals surface area contributed by atoms with Crippen molar-refractivity contribution in [2.24, 2.45) is 0 Å². The normalized spacial score (nSPS) is 15.0. The molecule has 3 rings (SSSR count). The molecular weight excluding hydrogens is 200 g/mol. The van der Waals surface area contributed by atoms with Crippen LogP contribution >= 0.6 is 0 Å². The minimum absolute atomic E-state index is 0.558. The van der Waals surface area contributed by atoms with E-state index in [2.05, 4.69) is 10.6 Å². The highest BCUT2D eigenvalue weighted by molar-refractivity contribution is 5.59. The van der Waals surface area contributed by atoms with Crippen LogP contribution in [-0.2, 0) is 0 Å². The van der Waals surface area contributed by atoms with Crippen LogP contribution in [-0.4, -0.2) is 4.57 Å². The molecule has 3 heteroatoms. The lowest BCUT2D eigenvalue weighted by atomic mass is 10.2. The molecule has 0 unspecified atom stereocenters. The lowest BCUT2D eigenvalue weighted by Crippen LogP contribution is -1.98. The van der Waals surface area contributed by atoms with Crippen molar-refractivity contribution in [1.82, 2.24) is 4.57 Å². The van der Waals surface area contributed by atoms with E-state index in [9.17, 15) is 0 Å². The molecule has 0 N–H and O–H groups in total. The Balaban J connectivity index is 2.20. The second kappa shape index (κ2) is 3.28. The minimum Gasteiger partial charge on any atom is -0.463 e. The van der Waals surface area contributed by atoms with Crippen molar-refractivity contribution < 1.29 is 4.42 Å². The predicted molar refractivity (Wildman–Crippen MR) is 59.9 cm³/mol. The Morgan fingerprint density at radius 3 is 2.88 bits per heavy atom. The molecule has 0 aromatic carbocycles. The first kappa shape index (κ1) is 9.29. The van der Waals surface area contributed by atoms with Crippen molar-refractivity contribution in [2.45, 2.75) is 25.8 Å². The van der Waals surface area contributed by atoms with E-state index in [1.54, 1.807) is 6.26 Å². The second-order valence-corrected chi connectivity index (χ2v) is 4.22. The maximum Gasteiger partial charge on any atom is 0.150 e. The maximum absolute atomic E-state index is 9.06. The summed E-state index contributed by atoms with van der Waals surface area (Å²) in [6.45, 7) is 2.00. The minimum atomic E-state index is 0.558. The third-order valence-electron chi connectivity index (χ3n) is 3.10. The monoisotopic (exact) mass is 212 g/mol. The Kier molecular flexibility index (Phi) is 1.90. The van der Waals surface area contributed by atoms with E-state index in [1.807, 2.05) is 25.1 Å². The maximum atomic E-state index is 9.06. The van der Waals surface area contributed by atoms with Crippen molar-refractivity contribution >= 4 is 0 Å². The quantitative estimate of drug-likeness (QED) is 0.766. The van der Waals surface area contributed by atoms with Gasteiger partial charge in [0, 0.05) is 11.7 Å². The highest BCUT2D eigenvalue weighted by Gasteiger charge is 2.29. The van der Waals surface area contributed by atoms with E-state index in [0.29, 0.717) is 6.04 Å². The summed E-state index contributed by atoms with van der Waals surface area (Å²) in [5.74, 6) is 0.844. The summed E-state index contributed by atoms with van der Waals surface area (Å²) in [6, 6.07) is 8.53. The van der Waals surface area contributed by atoms with Gasteiger partial charge in [0.25, 0.3) is 0 Å². The van der Waals surface area contributed by atoms with Gasteiger partial charge in [0.05, 0.1) is 17.5 Å². The van der Waals surface area contributed by atoms with Gasteiger partial charge < -0.3 is 8.98 Å². The lowest BCUT2D eigenvalue weighted by Gasteiger charge is -2.07. The van der Waals surface area contributed by atoms with Gasteiger partial charge >= 0.3 is 0 Å². The van der Waals surface area contributed by atoms with Crippen molar-refractivity contribution in [1.29, 1.82) is 5.26 Å². The first-order chi connectivity index (χ1) is 7.81. The zero-order valence-corrected chi connectivity index (χ0v) is 9.10. The van der Waals surface area contributed by atoms with E-state index in [1.165, 1.54) is 12.8 Å². The van der Waals surface area contributed by atoms with Crippen LogP contribution < -0.4 is 0 Å². The van der Waals surface area contributed by atoms with Crippen molar-refractivity contribution in [3.63, 3.8) is 0 Å². The summed E-state index contributed by atoms with van der Waals surface area (Å²) in [5.41, 5.74) is 2.83. The van der Waals surface area contributed by atoms with Gasteiger partial charge in [-0.05, 0) is 38.0 Å². The Morgan fingerprint density at radius 1 is 1.50 bits per heavy atom. The van der Waals surface area contributed by atoms with E-state index < -0.39 is 0 Å². The number of rotatable bonds is 2. The zero-order valence-electron chi connectivity index (χ0n) is 9.10. The molecule has 0 saturated heterocycles. The van der Waals surface area contributed by atoms with Gasteiger partial charge in [0.2, 0.25) is 0 Å². The fourth-order valence-electron chi connectivity index (χ4n) is 2.15. The van der Waals surface area contributed by atoms with Crippen LogP contribution in [0, 0.1) is 18.3 Å². The number of hydrogen-bond donors (Lipinski definition) is 0. The topological polar surface area (TPSA) is 41.9 Å². The fraction of sp³-hybridized carbons (Fsp3) is 0.308. The molecule has 16 heavy (non-hydrogen) atoms. The molecule has 1 aliphatic rings. The number of nitriles is 1. The van der Waals surface area contributed by atoms with Crippen molar-refractivity contribution in [3.8, 4) is 17.5 Å². The molecule has 0 spiro atoms. The Labute approximate surface area is 93.9 Å². The molecule has 2 aromatic heterocycles. The van der Waals surface area contributed by atoms with Gasteiger partial charge in [0.1, 0.15) is 11.8 Å². The molecule has 0 bridgehead atoms. The standard InChI is InChI=1S/C13H12N2O/c1-9-10(8-14)7-12(13-3-2-6-16-13)15(9)11-4-5-11/h2-3,6-7,11H,4-5H2,1H3. The van der Waals surface area contributed by atoms with Crippen LogP contribution in [0.25, 0.3) is 11.5 Å². The number of furan rings is 1. The summed E-state index contributed by atoms with van der Waals surface area (Å²) in [4.78, 5) is 0. The average Bonchev–Trinajstić information content (AvgIpc) is 2.87. The SMILES string of the molecule is Cc1c(C#N)cc(-c2ccco2)n1C1CC1. The second-order valence-electron chi connectivity index (χ2n) is 4.22. The average molecular weight is 212 g/mol. The fourth-order valence-corrected chi connectivity index (χ4v) is 2.15. The molecule has 0 amide bonds. The molecule has 2 heterocycles. The molecule has 2 aromatic rings. The number of aromatic nitrogens is 1. The third-order valence-corrected chi connectivity index (χ3v) is 3.10. The van der Waals surface area contributed by atoms with Crippen molar-refractivity contribution in [3.05, 3.63) is 35.7 Å². The van der Waals surface area contributed by atoms with Crippen LogP contribution in [0.1, 0.15) is 30.1 Å². The van der Waals surface area contributed by atoms with Crippen LogP contribution in [0.15, 0.2) is 28.9 Å². The lowest BCUT2D eigenvalue weighted by molar-refractivity contribution is 0.571. The molecule has 0 radical (unpaired) electrons. The summed E-state index contributed by atoms with van der Waals surface area (Å²) in [7, 11) is 0. The first-order valence-corrected chi connectivity index (χ1v) is 5.47. The molecule has 80 valence electrons. The number of nitrogens with zero attached hydrogens (tertiary/aromatic N) is 2. The van der Waals surface area contributed by atoms with Crippen molar-refractivity contribution in [2.75, 3.05) is 0 Å². The van der Waals surface area contributed by atoms with Gasteiger partial charge in [-0.3, -0.25) is 0 Å². The zero-order chi connectivity index (χ0) is 11.1. The molecule has 1 aliphatic carbocycles. The largest absolute Gasteiger partial charge is 0.463 e. The van der Waals surface area contributed by atoms with Crippen LogP contribution in [0.4, 0.5) is 0 Å². The summed E-state index contributed by atoms with van der Waals surface area (Å²) >= 11 is 0. The van der Waals surface area contributed by atoms with Gasteiger partial charge in [-0.1, -0.05) is 0 Å². The van der Waals surface area contributed by atoms with Gasteiger partial charge in [-0.25, -0.2) is 0 Å². The van der Waals surface area contributed by atoms with E-state index in [4.69, 9.17) is 9.68 Å². The van der Waals surface area contributed by atoms with E-state index in [-0.39, 0.29) is 0 Å². The summed E-state index contributed by atoms with van der Waals surface area (Å²) < 4.78 is 7.65. The highest BCUT2D eigenvalue weighted by atomic mass is 16.3. The summed E-state index contributed by atoms with van der Waals surface area (Å²) in [5, 5.41) is 9.06. The highest BCUT2D eigenvalue weighted by Crippen LogP contribution is 2.41.